The maximum absolute atomic E-state index is 12.2. The van der Waals surface area contributed by atoms with E-state index in [9.17, 15) is 14.7 Å². The number of phenols is 1. The van der Waals surface area contributed by atoms with Crippen LogP contribution in [0, 0.1) is 0 Å². The van der Waals surface area contributed by atoms with Crippen molar-refractivity contribution in [2.45, 2.75) is 6.92 Å². The van der Waals surface area contributed by atoms with E-state index in [1.165, 1.54) is 6.08 Å². The highest BCUT2D eigenvalue weighted by Gasteiger charge is 2.33. The first-order chi connectivity index (χ1) is 10.4. The van der Waals surface area contributed by atoms with Crippen molar-refractivity contribution in [3.8, 4) is 11.5 Å². The number of carboxylic acids is 1. The predicted molar refractivity (Wildman–Crippen MR) is 86.8 cm³/mol. The number of hydrogen-bond donors (Lipinski definition) is 2. The molecule has 0 atom stereocenters. The lowest BCUT2D eigenvalue weighted by Gasteiger charge is -2.10. The summed E-state index contributed by atoms with van der Waals surface area (Å²) in [4.78, 5) is 24.2. The third kappa shape index (κ3) is 3.40. The molecule has 8 heteroatoms. The van der Waals surface area contributed by atoms with Crippen LogP contribution in [-0.4, -0.2) is 44.5 Å². The summed E-state index contributed by atoms with van der Waals surface area (Å²) in [6.07, 6.45) is 1.47. The van der Waals surface area contributed by atoms with Crippen LogP contribution in [0.1, 0.15) is 12.5 Å². The van der Waals surface area contributed by atoms with Crippen molar-refractivity contribution >= 4 is 46.3 Å². The van der Waals surface area contributed by atoms with Crippen molar-refractivity contribution in [1.82, 2.24) is 4.90 Å². The second-order valence-corrected chi connectivity index (χ2v) is 5.96. The van der Waals surface area contributed by atoms with Crippen LogP contribution >= 0.6 is 24.0 Å². The summed E-state index contributed by atoms with van der Waals surface area (Å²) in [6.45, 7) is 1.72. The van der Waals surface area contributed by atoms with Crippen molar-refractivity contribution in [3.05, 3.63) is 28.7 Å². The molecular formula is C14H13NO5S2. The fraction of sp³-hybridized carbons (Fsp3) is 0.214. The number of carbonyl (C=O) groups is 2. The maximum atomic E-state index is 12.2. The van der Waals surface area contributed by atoms with Gasteiger partial charge in [0.1, 0.15) is 10.9 Å². The van der Waals surface area contributed by atoms with Crippen LogP contribution < -0.4 is 4.74 Å². The Morgan fingerprint density at radius 3 is 2.86 bits per heavy atom. The van der Waals surface area contributed by atoms with E-state index in [2.05, 4.69) is 0 Å². The Morgan fingerprint density at radius 1 is 1.50 bits per heavy atom. The van der Waals surface area contributed by atoms with Gasteiger partial charge in [-0.3, -0.25) is 14.5 Å². The highest BCUT2D eigenvalue weighted by Crippen LogP contribution is 2.36. The van der Waals surface area contributed by atoms with Crippen LogP contribution in [0.5, 0.6) is 11.5 Å². The zero-order valence-electron chi connectivity index (χ0n) is 11.6. The molecule has 6 nitrogen and oxygen atoms in total. The fourth-order valence-corrected chi connectivity index (χ4v) is 3.09. The number of carboxylic acid groups (broad SMARTS) is 1. The van der Waals surface area contributed by atoms with Gasteiger partial charge in [-0.05, 0) is 19.1 Å². The van der Waals surface area contributed by atoms with Crippen molar-refractivity contribution < 1.29 is 24.5 Å². The third-order valence-electron chi connectivity index (χ3n) is 2.78. The Balaban J connectivity index is 2.31. The molecule has 0 radical (unpaired) electrons. The van der Waals surface area contributed by atoms with Gasteiger partial charge in [0.05, 0.1) is 11.5 Å². The van der Waals surface area contributed by atoms with E-state index in [0.29, 0.717) is 17.9 Å². The smallest absolute Gasteiger partial charge is 0.323 e. The number of thiocarbonyl (C=S) groups is 1. The second-order valence-electron chi connectivity index (χ2n) is 4.29. The molecule has 0 unspecified atom stereocenters. The second kappa shape index (κ2) is 6.80. The Labute approximate surface area is 136 Å². The monoisotopic (exact) mass is 339 g/mol. The number of aromatic hydroxyl groups is 1. The van der Waals surface area contributed by atoms with Crippen LogP contribution in [0.15, 0.2) is 23.1 Å². The van der Waals surface area contributed by atoms with Crippen LogP contribution in [0.3, 0.4) is 0 Å². The van der Waals surface area contributed by atoms with Gasteiger partial charge in [0.2, 0.25) is 0 Å². The topological polar surface area (TPSA) is 87.1 Å². The Bertz CT molecular complexity index is 671. The summed E-state index contributed by atoms with van der Waals surface area (Å²) >= 11 is 6.01. The Morgan fingerprint density at radius 2 is 2.23 bits per heavy atom. The van der Waals surface area contributed by atoms with E-state index in [-0.39, 0.29) is 15.0 Å². The van der Waals surface area contributed by atoms with E-state index in [1.54, 1.807) is 25.1 Å². The number of para-hydroxylation sites is 1. The molecule has 2 N–H and O–H groups in total. The van der Waals surface area contributed by atoms with Crippen molar-refractivity contribution in [2.24, 2.45) is 0 Å². The van der Waals surface area contributed by atoms with Crippen LogP contribution in [0.4, 0.5) is 0 Å². The van der Waals surface area contributed by atoms with Gasteiger partial charge < -0.3 is 14.9 Å². The van der Waals surface area contributed by atoms with Crippen LogP contribution in [0.25, 0.3) is 6.08 Å². The quantitative estimate of drug-likeness (QED) is 0.627. The number of amides is 1. The van der Waals surface area contributed by atoms with Gasteiger partial charge in [0, 0.05) is 5.56 Å². The Kier molecular flexibility index (Phi) is 5.04. The summed E-state index contributed by atoms with van der Waals surface area (Å²) in [5, 5.41) is 18.9. The molecule has 1 saturated heterocycles. The molecule has 1 aliphatic rings. The normalized spacial score (nSPS) is 16.4. The number of phenolic OH excluding ortho intramolecular Hbond substituents is 1. The minimum atomic E-state index is -1.14. The molecule has 22 heavy (non-hydrogen) atoms. The molecule has 1 amide bonds. The van der Waals surface area contributed by atoms with E-state index in [0.717, 1.165) is 16.7 Å². The average molecular weight is 339 g/mol. The molecule has 116 valence electrons. The van der Waals surface area contributed by atoms with Gasteiger partial charge >= 0.3 is 5.97 Å². The van der Waals surface area contributed by atoms with Crippen LogP contribution in [-0.2, 0) is 9.59 Å². The van der Waals surface area contributed by atoms with E-state index in [4.69, 9.17) is 22.1 Å². The molecule has 2 rings (SSSR count). The third-order valence-corrected chi connectivity index (χ3v) is 4.16. The number of rotatable bonds is 5. The highest BCUT2D eigenvalue weighted by atomic mass is 32.2. The predicted octanol–water partition coefficient (Wildman–Crippen LogP) is 2.08. The van der Waals surface area contributed by atoms with Gasteiger partial charge in [0.25, 0.3) is 5.91 Å². The number of benzene rings is 1. The molecule has 0 saturated carbocycles. The molecule has 0 aliphatic carbocycles. The minimum absolute atomic E-state index is 0.0761. The average Bonchev–Trinajstić information content (AvgIpc) is 2.71. The number of thioether (sulfide) groups is 1. The first-order valence-electron chi connectivity index (χ1n) is 6.36. The molecule has 0 aromatic heterocycles. The molecule has 1 aliphatic heterocycles. The summed E-state index contributed by atoms with van der Waals surface area (Å²) in [7, 11) is 0. The number of aliphatic carboxylic acids is 1. The molecule has 1 heterocycles. The molecule has 1 aromatic rings. The summed E-state index contributed by atoms with van der Waals surface area (Å²) in [5.41, 5.74) is 0.404. The molecule has 0 spiro atoms. The van der Waals surface area contributed by atoms with Gasteiger partial charge in [-0.1, -0.05) is 36.1 Å². The lowest BCUT2D eigenvalue weighted by atomic mass is 10.1. The largest absolute Gasteiger partial charge is 0.504 e. The molecule has 1 fully saturated rings. The van der Waals surface area contributed by atoms with Gasteiger partial charge in [0.15, 0.2) is 11.5 Å². The number of nitrogens with zero attached hydrogens (tertiary/aromatic N) is 1. The first kappa shape index (κ1) is 16.3. The molecule has 0 bridgehead atoms. The Hall–Kier alpha value is -2.06. The summed E-state index contributed by atoms with van der Waals surface area (Å²) in [5.74, 6) is -1.39. The zero-order valence-corrected chi connectivity index (χ0v) is 13.2. The lowest BCUT2D eigenvalue weighted by molar-refractivity contribution is -0.140. The SMILES string of the molecule is CCOc1cccc(C=C2SC(=S)N(CC(=O)O)C2=O)c1O. The van der Waals surface area contributed by atoms with Crippen molar-refractivity contribution in [3.63, 3.8) is 0 Å². The molecular weight excluding hydrogens is 326 g/mol. The zero-order chi connectivity index (χ0) is 16.3. The standard InChI is InChI=1S/C14H13NO5S2/c1-2-20-9-5-3-4-8(12(9)18)6-10-13(19)15(7-11(16)17)14(21)22-10/h3-6,18H,2,7H2,1H3,(H,16,17). The van der Waals surface area contributed by atoms with Gasteiger partial charge in [-0.25, -0.2) is 0 Å². The highest BCUT2D eigenvalue weighted by molar-refractivity contribution is 8.26. The summed E-state index contributed by atoms with van der Waals surface area (Å²) in [6, 6.07) is 4.93. The van der Waals surface area contributed by atoms with Crippen molar-refractivity contribution in [2.75, 3.05) is 13.2 Å². The maximum Gasteiger partial charge on any atom is 0.323 e. The van der Waals surface area contributed by atoms with Gasteiger partial charge in [-0.15, -0.1) is 0 Å². The van der Waals surface area contributed by atoms with Gasteiger partial charge in [-0.2, -0.15) is 0 Å². The van der Waals surface area contributed by atoms with E-state index < -0.39 is 18.4 Å². The number of ether oxygens (including phenoxy) is 1. The fourth-order valence-electron chi connectivity index (χ4n) is 1.84. The minimum Gasteiger partial charge on any atom is -0.504 e. The van der Waals surface area contributed by atoms with E-state index in [1.807, 2.05) is 0 Å². The molecule has 1 aromatic carbocycles. The van der Waals surface area contributed by atoms with Crippen LogP contribution in [0.2, 0.25) is 0 Å². The first-order valence-corrected chi connectivity index (χ1v) is 7.58. The number of hydrogen-bond acceptors (Lipinski definition) is 6. The summed E-state index contributed by atoms with van der Waals surface area (Å²) < 4.78 is 5.46. The lowest BCUT2D eigenvalue weighted by Crippen LogP contribution is -2.33. The van der Waals surface area contributed by atoms with E-state index >= 15 is 0 Å². The van der Waals surface area contributed by atoms with Crippen molar-refractivity contribution in [1.29, 1.82) is 0 Å². The number of carbonyl (C=O) groups excluding carboxylic acids is 1.